The molecule has 0 saturated heterocycles. The zero-order valence-electron chi connectivity index (χ0n) is 10.9. The van der Waals surface area contributed by atoms with Gasteiger partial charge in [0.25, 0.3) is 0 Å². The van der Waals surface area contributed by atoms with Crippen LogP contribution in [0.4, 0.5) is 0 Å². The molecule has 0 N–H and O–H groups in total. The molecule has 0 aliphatic rings. The van der Waals surface area contributed by atoms with E-state index in [9.17, 15) is 0 Å². The second-order valence-electron chi connectivity index (χ2n) is 2.63. The van der Waals surface area contributed by atoms with Gasteiger partial charge >= 0.3 is 0 Å². The summed E-state index contributed by atoms with van der Waals surface area (Å²) in [5.74, 6) is 0.606. The highest BCUT2D eigenvalue weighted by molar-refractivity contribution is 4.96. The first-order valence-electron chi connectivity index (χ1n) is 5.59. The number of hydrogen-bond donors (Lipinski definition) is 0. The summed E-state index contributed by atoms with van der Waals surface area (Å²) in [7, 11) is 0. The zero-order chi connectivity index (χ0) is 11.8. The van der Waals surface area contributed by atoms with Gasteiger partial charge in [-0.05, 0) is 26.2 Å². The molecule has 1 unspecified atom stereocenters. The van der Waals surface area contributed by atoms with E-state index in [4.69, 9.17) is 0 Å². The van der Waals surface area contributed by atoms with E-state index in [1.165, 1.54) is 0 Å². The molecule has 0 heterocycles. The van der Waals surface area contributed by atoms with Crippen LogP contribution < -0.4 is 0 Å². The zero-order valence-corrected chi connectivity index (χ0v) is 10.9. The summed E-state index contributed by atoms with van der Waals surface area (Å²) in [6.07, 6.45) is 11.6. The Balaban J connectivity index is -0.0000000867. The lowest BCUT2D eigenvalue weighted by molar-refractivity contribution is 0.928. The van der Waals surface area contributed by atoms with Gasteiger partial charge in [0.1, 0.15) is 0 Å². The minimum absolute atomic E-state index is 0. The van der Waals surface area contributed by atoms with Crippen molar-refractivity contribution in [2.24, 2.45) is 5.92 Å². The Bertz CT molecular complexity index is 129. The molecule has 0 spiro atoms. The van der Waals surface area contributed by atoms with Crippen LogP contribution in [0.15, 0.2) is 37.0 Å². The Morgan fingerprint density at radius 1 is 1.13 bits per heavy atom. The van der Waals surface area contributed by atoms with Crippen molar-refractivity contribution in [1.29, 1.82) is 0 Å². The first-order valence-corrected chi connectivity index (χ1v) is 5.59. The molecule has 0 saturated carbocycles. The summed E-state index contributed by atoms with van der Waals surface area (Å²) in [5.41, 5.74) is 0. The lowest BCUT2D eigenvalue weighted by Crippen LogP contribution is -1.79. The maximum atomic E-state index is 3.36. The Morgan fingerprint density at radius 2 is 1.53 bits per heavy atom. The standard InChI is InChI=1S/C9H16.C3H6.C2H6.CH4/c1-4-6-8-9(3)7-5-2;1-3-2;1-2;/h5-9H,4H2,1-3H3;3H,1H2,2H3;1-2H3;1H4/b7-5-,8-6-;;;. The van der Waals surface area contributed by atoms with E-state index in [1.807, 2.05) is 20.8 Å². The molecule has 0 aliphatic carbocycles. The third-order valence-electron chi connectivity index (χ3n) is 1.17. The van der Waals surface area contributed by atoms with Gasteiger partial charge in [-0.25, -0.2) is 0 Å². The topological polar surface area (TPSA) is 0 Å². The molecule has 0 heteroatoms. The Kier molecular flexibility index (Phi) is 46.3. The molecule has 0 aromatic rings. The van der Waals surface area contributed by atoms with Gasteiger partial charge in [0.05, 0.1) is 0 Å². The molecule has 0 amide bonds. The fraction of sp³-hybridized carbons (Fsp3) is 0.600. The maximum absolute atomic E-state index is 3.36. The minimum atomic E-state index is 0. The lowest BCUT2D eigenvalue weighted by atomic mass is 10.1. The molecule has 0 rings (SSSR count). The predicted octanol–water partition coefficient (Wildman–Crippen LogP) is 6.02. The molecule has 92 valence electrons. The van der Waals surface area contributed by atoms with Crippen LogP contribution in [0.2, 0.25) is 0 Å². The van der Waals surface area contributed by atoms with Crippen LogP contribution in [0.3, 0.4) is 0 Å². The average molecular weight is 212 g/mol. The van der Waals surface area contributed by atoms with Crippen molar-refractivity contribution in [2.75, 3.05) is 0 Å². The number of allylic oxidation sites excluding steroid dienone is 5. The molecule has 0 aromatic carbocycles. The first-order chi connectivity index (χ1) is 6.72. The Labute approximate surface area is 98.8 Å². The molecular weight excluding hydrogens is 180 g/mol. The fourth-order valence-electron chi connectivity index (χ4n) is 0.718. The Hall–Kier alpha value is -0.780. The molecular formula is C15H32. The molecule has 0 aromatic heterocycles. The summed E-state index contributed by atoms with van der Waals surface area (Å²) in [6, 6.07) is 0. The minimum Gasteiger partial charge on any atom is -0.103 e. The van der Waals surface area contributed by atoms with Crippen molar-refractivity contribution in [3.63, 3.8) is 0 Å². The average Bonchev–Trinajstić information content (AvgIpc) is 2.20. The second-order valence-corrected chi connectivity index (χ2v) is 2.63. The third kappa shape index (κ3) is 43.0. The lowest BCUT2D eigenvalue weighted by Gasteiger charge is -1.93. The normalized spacial score (nSPS) is 10.5. The molecule has 0 aliphatic heterocycles. The third-order valence-corrected chi connectivity index (χ3v) is 1.17. The highest BCUT2D eigenvalue weighted by atomic mass is 13.9. The number of rotatable bonds is 3. The largest absolute Gasteiger partial charge is 0.103 e. The van der Waals surface area contributed by atoms with E-state index < -0.39 is 0 Å². The van der Waals surface area contributed by atoms with Crippen LogP contribution in [0.25, 0.3) is 0 Å². The summed E-state index contributed by atoms with van der Waals surface area (Å²) in [5, 5.41) is 0. The van der Waals surface area contributed by atoms with Gasteiger partial charge in [-0.1, -0.05) is 65.5 Å². The van der Waals surface area contributed by atoms with Gasteiger partial charge in [0, 0.05) is 0 Å². The molecule has 1 atom stereocenters. The highest BCUT2D eigenvalue weighted by Crippen LogP contribution is 1.99. The molecule has 0 radical (unpaired) electrons. The summed E-state index contributed by atoms with van der Waals surface area (Å²) in [4.78, 5) is 0. The molecule has 0 bridgehead atoms. The first kappa shape index (κ1) is 23.8. The van der Waals surface area contributed by atoms with Gasteiger partial charge in [0.15, 0.2) is 0 Å². The summed E-state index contributed by atoms with van der Waals surface area (Å²) in [6.45, 7) is 15.6. The van der Waals surface area contributed by atoms with Crippen LogP contribution in [0.1, 0.15) is 55.4 Å². The van der Waals surface area contributed by atoms with Crippen molar-refractivity contribution >= 4 is 0 Å². The summed E-state index contributed by atoms with van der Waals surface area (Å²) < 4.78 is 0. The monoisotopic (exact) mass is 212 g/mol. The van der Waals surface area contributed by atoms with Crippen LogP contribution in [-0.2, 0) is 0 Å². The molecule has 0 fully saturated rings. The van der Waals surface area contributed by atoms with Crippen LogP contribution in [-0.4, -0.2) is 0 Å². The maximum Gasteiger partial charge on any atom is -0.00820 e. The van der Waals surface area contributed by atoms with E-state index in [-0.39, 0.29) is 7.43 Å². The van der Waals surface area contributed by atoms with Crippen LogP contribution in [0, 0.1) is 5.92 Å². The van der Waals surface area contributed by atoms with Crippen molar-refractivity contribution in [3.05, 3.63) is 37.0 Å². The van der Waals surface area contributed by atoms with E-state index in [0.29, 0.717) is 5.92 Å². The molecule has 0 nitrogen and oxygen atoms in total. The fourth-order valence-corrected chi connectivity index (χ4v) is 0.718. The van der Waals surface area contributed by atoms with Gasteiger partial charge in [-0.15, -0.1) is 6.58 Å². The quantitative estimate of drug-likeness (QED) is 0.502. The highest BCUT2D eigenvalue weighted by Gasteiger charge is 1.84. The van der Waals surface area contributed by atoms with Gasteiger partial charge in [0.2, 0.25) is 0 Å². The van der Waals surface area contributed by atoms with Crippen LogP contribution in [0.5, 0.6) is 0 Å². The smallest absolute Gasteiger partial charge is 0.00820 e. The van der Waals surface area contributed by atoms with Gasteiger partial charge in [-0.3, -0.25) is 0 Å². The number of hydrogen-bond acceptors (Lipinski definition) is 0. The van der Waals surface area contributed by atoms with Crippen molar-refractivity contribution in [1.82, 2.24) is 0 Å². The van der Waals surface area contributed by atoms with Crippen molar-refractivity contribution < 1.29 is 0 Å². The van der Waals surface area contributed by atoms with E-state index in [0.717, 1.165) is 6.42 Å². The van der Waals surface area contributed by atoms with Crippen LogP contribution >= 0.6 is 0 Å². The second kappa shape index (κ2) is 29.2. The van der Waals surface area contributed by atoms with E-state index in [1.54, 1.807) is 6.08 Å². The SMILES string of the molecule is C.C/C=C\C(C)/C=C\CC.C=CC.CC. The van der Waals surface area contributed by atoms with Crippen molar-refractivity contribution in [2.45, 2.75) is 55.4 Å². The van der Waals surface area contributed by atoms with E-state index >= 15 is 0 Å². The molecule has 15 heavy (non-hydrogen) atoms. The van der Waals surface area contributed by atoms with Gasteiger partial charge < -0.3 is 0 Å². The summed E-state index contributed by atoms with van der Waals surface area (Å²) >= 11 is 0. The van der Waals surface area contributed by atoms with Gasteiger partial charge in [-0.2, -0.15) is 0 Å². The van der Waals surface area contributed by atoms with E-state index in [2.05, 4.69) is 51.7 Å². The predicted molar refractivity (Wildman–Crippen MR) is 77.4 cm³/mol. The van der Waals surface area contributed by atoms with Crippen molar-refractivity contribution in [3.8, 4) is 0 Å². The Morgan fingerprint density at radius 3 is 1.80 bits per heavy atom.